The van der Waals surface area contributed by atoms with Gasteiger partial charge in [-0.05, 0) is 237 Å². The second-order valence-electron chi connectivity index (χ2n) is 32.5. The van der Waals surface area contributed by atoms with E-state index in [9.17, 15) is 5.26 Å². The van der Waals surface area contributed by atoms with Crippen LogP contribution < -0.4 is 26.2 Å². The Hall–Kier alpha value is -15.6. The minimum atomic E-state index is -0.456. The monoisotopic (exact) mass is 1530 g/mol. The topological polar surface area (TPSA) is 39.6 Å². The summed E-state index contributed by atoms with van der Waals surface area (Å²) in [5.74, 6) is 0. The molecule has 0 unspecified atom stereocenters. The number of aromatic nitrogens is 1. The molecule has 2 aliphatic rings. The van der Waals surface area contributed by atoms with Gasteiger partial charge in [0, 0.05) is 61.5 Å². The number of nitriles is 1. The molecule has 3 heterocycles. The third-order valence-electron chi connectivity index (χ3n) is 24.3. The van der Waals surface area contributed by atoms with Crippen molar-refractivity contribution < 1.29 is 0 Å². The normalized spacial score (nSPS) is 12.1. The van der Waals surface area contributed by atoms with Crippen LogP contribution in [0.1, 0.15) is 31.9 Å². The number of para-hydroxylation sites is 2. The average Bonchev–Trinajstić information content (AvgIpc) is 0.770. The van der Waals surface area contributed by atoms with Gasteiger partial charge < -0.3 is 14.4 Å². The Labute approximate surface area is 701 Å². The first-order chi connectivity index (χ1) is 59.0. The zero-order chi connectivity index (χ0) is 80.5. The second-order valence-corrected chi connectivity index (χ2v) is 32.5. The summed E-state index contributed by atoms with van der Waals surface area (Å²) >= 11 is 0. The molecule has 0 spiro atoms. The van der Waals surface area contributed by atoms with Gasteiger partial charge in [0.25, 0.3) is 6.71 Å². The Morgan fingerprint density at radius 2 is 0.617 bits per heavy atom. The maximum absolute atomic E-state index is 10.8. The minimum absolute atomic E-state index is 0.355. The van der Waals surface area contributed by atoms with Crippen molar-refractivity contribution in [2.24, 2.45) is 0 Å². The summed E-state index contributed by atoms with van der Waals surface area (Å²) in [4.78, 5) is 9.43. The van der Waals surface area contributed by atoms with E-state index in [2.05, 4.69) is 428 Å². The fourth-order valence-electron chi connectivity index (χ4n) is 18.5. The van der Waals surface area contributed by atoms with Crippen molar-refractivity contribution in [3.8, 4) is 134 Å². The van der Waals surface area contributed by atoms with Gasteiger partial charge in [0.1, 0.15) is 0 Å². The molecule has 21 rings (SSSR count). The Morgan fingerprint density at radius 3 is 1.02 bits per heavy atom. The fourth-order valence-corrected chi connectivity index (χ4v) is 18.5. The van der Waals surface area contributed by atoms with Gasteiger partial charge in [-0.2, -0.15) is 5.26 Å². The first-order valence-electron chi connectivity index (χ1n) is 41.1. The molecular formula is C114H78BN5. The van der Waals surface area contributed by atoms with Gasteiger partial charge in [0.2, 0.25) is 0 Å². The number of nitrogens with zero attached hydrogens (tertiary/aromatic N) is 5. The highest BCUT2D eigenvalue weighted by atomic mass is 15.2. The smallest absolute Gasteiger partial charge is 0.252 e. The summed E-state index contributed by atoms with van der Waals surface area (Å²) in [6, 6.07) is 156. The number of rotatable bonds is 14. The van der Waals surface area contributed by atoms with Crippen LogP contribution in [0.15, 0.2) is 419 Å². The van der Waals surface area contributed by atoms with Gasteiger partial charge in [-0.1, -0.05) is 330 Å². The highest BCUT2D eigenvalue weighted by Crippen LogP contribution is 2.57. The quantitative estimate of drug-likeness (QED) is 0.0805. The molecule has 0 N–H and O–H groups in total. The average molecular weight is 1530 g/mol. The van der Waals surface area contributed by atoms with Gasteiger partial charge >= 0.3 is 0 Å². The van der Waals surface area contributed by atoms with E-state index in [4.69, 9.17) is 6.57 Å². The van der Waals surface area contributed by atoms with Crippen molar-refractivity contribution in [1.82, 2.24) is 4.57 Å². The van der Waals surface area contributed by atoms with Gasteiger partial charge in [0.05, 0.1) is 40.6 Å². The van der Waals surface area contributed by atoms with Crippen molar-refractivity contribution in [2.45, 2.75) is 26.2 Å². The molecule has 0 bridgehead atoms. The number of anilines is 6. The number of hydrogen-bond acceptors (Lipinski definition) is 3. The van der Waals surface area contributed by atoms with E-state index in [1.54, 1.807) is 0 Å². The van der Waals surface area contributed by atoms with Crippen molar-refractivity contribution in [2.75, 3.05) is 9.80 Å². The van der Waals surface area contributed by atoms with Gasteiger partial charge in [-0.15, -0.1) is 0 Å². The largest absolute Gasteiger partial charge is 0.310 e. The lowest BCUT2D eigenvalue weighted by Gasteiger charge is -2.46. The standard InChI is InChI=1S/C114H78BN5/c1-114(2,3)94-71-109-111-110(72-94)120(113-101(90-49-27-44-84(63-90)78-35-14-7-15-36-78)68-93(86-46-29-51-95(65-86)117-4)69-102(113)91-50-28-45-85(64-91)79-37-16-8-17-38-79)108-73-96(118-105-54-22-20-52-97(105)98-53-21-23-55-106(98)118)57-59-104(108)115(111)103-58-56-87(80-39-18-9-19-40-80)70-107(103)119(109)112-99(88-47-25-42-82(61-88)76-31-10-5-11-32-76)66-92(81-41-24-30-75(60-81)74-116)67-100(112)89-48-26-43-83(62-89)77-33-12-6-13-34-77/h5-73H,1-3H3. The SMILES string of the molecule is [C-]#[N+]c1cccc(-c2cc(-c3cccc(-c4ccccc4)c3)c(N3c4cc(-n5c6ccccc6c6ccccc65)ccc4B4c5ccc(-c6ccccc6)cc5N(c5c(-c6cccc(-c7ccccc7)c6)cc(-c6cccc(C#N)c6)cc5-c5cccc(-c6ccccc6)c5)c5cc(C(C)(C)C)cc3c54)c(-c3cccc(-c4ccccc4)c3)c2)c1. The molecule has 18 aromatic carbocycles. The van der Waals surface area contributed by atoms with Crippen LogP contribution in [0.4, 0.5) is 39.8 Å². The van der Waals surface area contributed by atoms with Gasteiger partial charge in [-0.25, -0.2) is 4.85 Å². The van der Waals surface area contributed by atoms with Gasteiger partial charge in [0.15, 0.2) is 5.69 Å². The third-order valence-corrected chi connectivity index (χ3v) is 24.3. The van der Waals surface area contributed by atoms with E-state index in [0.717, 1.165) is 195 Å². The molecule has 0 fully saturated rings. The zero-order valence-electron chi connectivity index (χ0n) is 66.7. The summed E-state index contributed by atoms with van der Waals surface area (Å²) < 4.78 is 2.48. The Kier molecular flexibility index (Phi) is 18.0. The maximum atomic E-state index is 10.8. The molecule has 562 valence electrons. The number of hydrogen-bond donors (Lipinski definition) is 0. The van der Waals surface area contributed by atoms with E-state index >= 15 is 0 Å². The zero-order valence-corrected chi connectivity index (χ0v) is 66.7. The van der Waals surface area contributed by atoms with Crippen molar-refractivity contribution in [1.29, 1.82) is 5.26 Å². The molecule has 0 atom stereocenters. The summed E-state index contributed by atoms with van der Waals surface area (Å²) in [6.45, 7) is 15.2. The molecule has 2 aliphatic heterocycles. The van der Waals surface area contributed by atoms with Crippen molar-refractivity contribution >= 4 is 84.7 Å². The first-order valence-corrected chi connectivity index (χ1v) is 41.1. The molecule has 5 nitrogen and oxygen atoms in total. The molecule has 0 saturated heterocycles. The highest BCUT2D eigenvalue weighted by molar-refractivity contribution is 7.00. The lowest BCUT2D eigenvalue weighted by Crippen LogP contribution is -2.61. The van der Waals surface area contributed by atoms with Crippen LogP contribution in [0.3, 0.4) is 0 Å². The second kappa shape index (κ2) is 29.9. The fraction of sp³-hybridized carbons (Fsp3) is 0.0351. The van der Waals surface area contributed by atoms with Crippen LogP contribution in [0.25, 0.3) is 155 Å². The molecule has 0 amide bonds. The van der Waals surface area contributed by atoms with E-state index < -0.39 is 5.41 Å². The molecule has 6 heteroatoms. The van der Waals surface area contributed by atoms with Crippen LogP contribution in [0, 0.1) is 17.9 Å². The van der Waals surface area contributed by atoms with Crippen LogP contribution in [0.5, 0.6) is 0 Å². The molecule has 0 aliphatic carbocycles. The summed E-state index contributed by atoms with van der Waals surface area (Å²) in [7, 11) is 0. The molecule has 0 saturated carbocycles. The molecular weight excluding hydrogens is 1450 g/mol. The molecule has 0 radical (unpaired) electrons. The predicted octanol–water partition coefficient (Wildman–Crippen LogP) is 28.9. The maximum Gasteiger partial charge on any atom is 0.252 e. The van der Waals surface area contributed by atoms with Crippen molar-refractivity contribution in [3.63, 3.8) is 0 Å². The minimum Gasteiger partial charge on any atom is -0.310 e. The summed E-state index contributed by atoms with van der Waals surface area (Å²) in [5.41, 5.74) is 37.8. The summed E-state index contributed by atoms with van der Waals surface area (Å²) in [5, 5.41) is 13.1. The summed E-state index contributed by atoms with van der Waals surface area (Å²) in [6.07, 6.45) is 0. The predicted molar refractivity (Wildman–Crippen MR) is 504 cm³/mol. The van der Waals surface area contributed by atoms with Crippen LogP contribution in [0.2, 0.25) is 0 Å². The van der Waals surface area contributed by atoms with Crippen LogP contribution in [-0.4, -0.2) is 11.3 Å². The Bertz CT molecular complexity index is 7090. The number of benzene rings is 18. The van der Waals surface area contributed by atoms with Crippen LogP contribution in [-0.2, 0) is 5.41 Å². The first kappa shape index (κ1) is 72.1. The van der Waals surface area contributed by atoms with Gasteiger partial charge in [-0.3, -0.25) is 0 Å². The van der Waals surface area contributed by atoms with Crippen LogP contribution >= 0.6 is 0 Å². The number of fused-ring (bicyclic) bond motifs is 7. The van der Waals surface area contributed by atoms with E-state index in [0.29, 0.717) is 11.3 Å². The van der Waals surface area contributed by atoms with E-state index in [-0.39, 0.29) is 6.71 Å². The Morgan fingerprint density at radius 1 is 0.283 bits per heavy atom. The third kappa shape index (κ3) is 12.8. The van der Waals surface area contributed by atoms with E-state index in [1.807, 2.05) is 36.4 Å². The van der Waals surface area contributed by atoms with Crippen molar-refractivity contribution in [3.05, 3.63) is 441 Å². The van der Waals surface area contributed by atoms with E-state index in [1.165, 1.54) is 10.8 Å². The lowest BCUT2D eigenvalue weighted by atomic mass is 9.33. The molecule has 19 aromatic rings. The molecule has 120 heavy (non-hydrogen) atoms. The molecule has 1 aromatic heterocycles. The lowest BCUT2D eigenvalue weighted by molar-refractivity contribution is 0.590. The Balaban J connectivity index is 0.950. The highest BCUT2D eigenvalue weighted by Gasteiger charge is 2.47.